The van der Waals surface area contributed by atoms with Crippen molar-refractivity contribution < 1.29 is 19.0 Å². The third kappa shape index (κ3) is 2.90. The lowest BCUT2D eigenvalue weighted by molar-refractivity contribution is -0.389. The molecule has 7 nitrogen and oxygen atoms in total. The van der Waals surface area contributed by atoms with Crippen LogP contribution in [0, 0.1) is 26.0 Å². The van der Waals surface area contributed by atoms with Crippen LogP contribution in [-0.2, 0) is 0 Å². The van der Waals surface area contributed by atoms with E-state index in [1.54, 1.807) is 0 Å². The van der Waals surface area contributed by atoms with E-state index >= 15 is 0 Å². The number of para-hydroxylation sites is 2. The SMILES string of the molecule is O=[N+]([O-])c1cccc(Cl)c1Oc1cccc(F)c1[N+](=O)[O-]. The van der Waals surface area contributed by atoms with E-state index in [2.05, 4.69) is 0 Å². The zero-order valence-corrected chi connectivity index (χ0v) is 10.9. The van der Waals surface area contributed by atoms with Gasteiger partial charge in [0.15, 0.2) is 0 Å². The van der Waals surface area contributed by atoms with Crippen LogP contribution in [0.25, 0.3) is 0 Å². The van der Waals surface area contributed by atoms with Gasteiger partial charge in [0.2, 0.25) is 17.3 Å². The molecule has 0 aliphatic heterocycles. The van der Waals surface area contributed by atoms with Crippen molar-refractivity contribution in [3.63, 3.8) is 0 Å². The van der Waals surface area contributed by atoms with Gasteiger partial charge in [-0.3, -0.25) is 20.2 Å². The van der Waals surface area contributed by atoms with Crippen LogP contribution in [0.4, 0.5) is 15.8 Å². The van der Waals surface area contributed by atoms with Gasteiger partial charge in [0.25, 0.3) is 0 Å². The quantitative estimate of drug-likeness (QED) is 0.626. The van der Waals surface area contributed by atoms with Gasteiger partial charge in [-0.2, -0.15) is 4.39 Å². The highest BCUT2D eigenvalue weighted by Gasteiger charge is 2.26. The van der Waals surface area contributed by atoms with Crippen molar-refractivity contribution >= 4 is 23.0 Å². The van der Waals surface area contributed by atoms with Crippen LogP contribution in [0.15, 0.2) is 36.4 Å². The Morgan fingerprint density at radius 3 is 2.33 bits per heavy atom. The summed E-state index contributed by atoms with van der Waals surface area (Å²) in [5, 5.41) is 21.6. The van der Waals surface area contributed by atoms with Gasteiger partial charge >= 0.3 is 11.4 Å². The van der Waals surface area contributed by atoms with Crippen LogP contribution in [0.5, 0.6) is 11.5 Å². The zero-order valence-electron chi connectivity index (χ0n) is 10.2. The summed E-state index contributed by atoms with van der Waals surface area (Å²) < 4.78 is 18.6. The summed E-state index contributed by atoms with van der Waals surface area (Å²) in [6, 6.07) is 6.94. The minimum Gasteiger partial charge on any atom is -0.441 e. The van der Waals surface area contributed by atoms with Crippen molar-refractivity contribution in [2.75, 3.05) is 0 Å². The first kappa shape index (κ1) is 14.7. The van der Waals surface area contributed by atoms with Gasteiger partial charge in [0.05, 0.1) is 14.9 Å². The normalized spacial score (nSPS) is 10.2. The molecule has 2 aromatic rings. The topological polar surface area (TPSA) is 95.5 Å². The number of hydrogen-bond acceptors (Lipinski definition) is 5. The average Bonchev–Trinajstić information content (AvgIpc) is 2.40. The zero-order chi connectivity index (χ0) is 15.6. The molecule has 9 heteroatoms. The number of nitrogens with zero attached hydrogens (tertiary/aromatic N) is 2. The van der Waals surface area contributed by atoms with Gasteiger partial charge in [-0.25, -0.2) is 0 Å². The Morgan fingerprint density at radius 2 is 1.71 bits per heavy atom. The number of halogens is 2. The summed E-state index contributed by atoms with van der Waals surface area (Å²) in [6.45, 7) is 0. The Kier molecular flexibility index (Phi) is 3.99. The van der Waals surface area contributed by atoms with Gasteiger partial charge in [0.1, 0.15) is 0 Å². The molecule has 0 heterocycles. The molecule has 2 rings (SSSR count). The largest absolute Gasteiger partial charge is 0.441 e. The highest BCUT2D eigenvalue weighted by Crippen LogP contribution is 2.41. The lowest BCUT2D eigenvalue weighted by atomic mass is 10.2. The number of ether oxygens (including phenoxy) is 1. The second-order valence-corrected chi connectivity index (χ2v) is 4.20. The van der Waals surface area contributed by atoms with Crippen molar-refractivity contribution in [3.05, 3.63) is 67.5 Å². The van der Waals surface area contributed by atoms with E-state index in [-0.39, 0.29) is 5.02 Å². The molecule has 0 spiro atoms. The molecule has 0 saturated heterocycles. The van der Waals surface area contributed by atoms with Crippen LogP contribution in [0.2, 0.25) is 5.02 Å². The smallest absolute Gasteiger partial charge is 0.346 e. The molecule has 0 saturated carbocycles. The number of hydrogen-bond donors (Lipinski definition) is 0. The Morgan fingerprint density at radius 1 is 1.05 bits per heavy atom. The van der Waals surface area contributed by atoms with E-state index in [4.69, 9.17) is 16.3 Å². The number of nitro benzene ring substituents is 2. The van der Waals surface area contributed by atoms with Gasteiger partial charge in [-0.05, 0) is 18.2 Å². The summed E-state index contributed by atoms with van der Waals surface area (Å²) in [6.07, 6.45) is 0. The molecule has 0 radical (unpaired) electrons. The lowest BCUT2D eigenvalue weighted by Crippen LogP contribution is -1.99. The fourth-order valence-corrected chi connectivity index (χ4v) is 1.82. The molecular formula is C12H6ClFN2O5. The fraction of sp³-hybridized carbons (Fsp3) is 0. The molecule has 2 aromatic carbocycles. The lowest BCUT2D eigenvalue weighted by Gasteiger charge is -2.08. The Balaban J connectivity index is 2.56. The van der Waals surface area contributed by atoms with Crippen LogP contribution in [0.1, 0.15) is 0 Å². The maximum atomic E-state index is 13.5. The van der Waals surface area contributed by atoms with Crippen molar-refractivity contribution in [1.29, 1.82) is 0 Å². The van der Waals surface area contributed by atoms with Crippen LogP contribution >= 0.6 is 11.6 Å². The van der Waals surface area contributed by atoms with E-state index in [1.165, 1.54) is 18.2 Å². The Hall–Kier alpha value is -2.74. The van der Waals surface area contributed by atoms with Gasteiger partial charge < -0.3 is 4.74 Å². The second kappa shape index (κ2) is 5.71. The van der Waals surface area contributed by atoms with Gasteiger partial charge in [-0.15, -0.1) is 0 Å². The standard InChI is InChI=1S/C12H6ClFN2O5/c13-7-3-1-5-9(15(17)18)12(7)21-10-6-2-4-8(14)11(10)16(19)20/h1-6H. The molecule has 0 aliphatic carbocycles. The molecule has 108 valence electrons. The molecule has 0 N–H and O–H groups in total. The summed E-state index contributed by atoms with van der Waals surface area (Å²) in [4.78, 5) is 20.0. The first-order valence-corrected chi connectivity index (χ1v) is 5.83. The highest BCUT2D eigenvalue weighted by molar-refractivity contribution is 6.32. The van der Waals surface area contributed by atoms with Crippen molar-refractivity contribution in [2.24, 2.45) is 0 Å². The third-order valence-corrected chi connectivity index (χ3v) is 2.78. The number of nitro groups is 2. The third-order valence-electron chi connectivity index (χ3n) is 2.49. The molecular weight excluding hydrogens is 307 g/mol. The highest BCUT2D eigenvalue weighted by atomic mass is 35.5. The van der Waals surface area contributed by atoms with E-state index < -0.39 is 38.5 Å². The van der Waals surface area contributed by atoms with Crippen molar-refractivity contribution in [1.82, 2.24) is 0 Å². The predicted molar refractivity (Wildman–Crippen MR) is 71.2 cm³/mol. The van der Waals surface area contributed by atoms with Crippen molar-refractivity contribution in [3.8, 4) is 11.5 Å². The van der Waals surface area contributed by atoms with Crippen LogP contribution in [-0.4, -0.2) is 9.85 Å². The van der Waals surface area contributed by atoms with E-state index in [0.717, 1.165) is 18.2 Å². The molecule has 0 amide bonds. The fourth-order valence-electron chi connectivity index (χ4n) is 1.61. The summed E-state index contributed by atoms with van der Waals surface area (Å²) >= 11 is 5.80. The molecule has 0 bridgehead atoms. The van der Waals surface area contributed by atoms with Crippen molar-refractivity contribution in [2.45, 2.75) is 0 Å². The molecule has 0 atom stereocenters. The molecule has 0 aromatic heterocycles. The minimum atomic E-state index is -1.12. The minimum absolute atomic E-state index is 0.122. The second-order valence-electron chi connectivity index (χ2n) is 3.79. The molecule has 0 unspecified atom stereocenters. The van der Waals surface area contributed by atoms with E-state index in [9.17, 15) is 24.6 Å². The summed E-state index contributed by atoms with van der Waals surface area (Å²) in [5.41, 5.74) is -1.41. The number of rotatable bonds is 4. The van der Waals surface area contributed by atoms with E-state index in [1.807, 2.05) is 0 Å². The van der Waals surface area contributed by atoms with E-state index in [0.29, 0.717) is 0 Å². The predicted octanol–water partition coefficient (Wildman–Crippen LogP) is 4.09. The summed E-state index contributed by atoms with van der Waals surface area (Å²) in [5.74, 6) is -1.98. The van der Waals surface area contributed by atoms with Gasteiger partial charge in [-0.1, -0.05) is 23.7 Å². The Bertz CT molecular complexity index is 738. The summed E-state index contributed by atoms with van der Waals surface area (Å²) in [7, 11) is 0. The number of benzene rings is 2. The van der Waals surface area contributed by atoms with Crippen LogP contribution in [0.3, 0.4) is 0 Å². The molecule has 0 aliphatic rings. The first-order chi connectivity index (χ1) is 9.91. The van der Waals surface area contributed by atoms with Gasteiger partial charge in [0, 0.05) is 6.07 Å². The van der Waals surface area contributed by atoms with Crippen LogP contribution < -0.4 is 4.74 Å². The molecule has 0 fully saturated rings. The maximum Gasteiger partial charge on any atom is 0.346 e. The maximum absolute atomic E-state index is 13.5. The Labute approximate surface area is 121 Å². The molecule has 21 heavy (non-hydrogen) atoms. The first-order valence-electron chi connectivity index (χ1n) is 5.45. The average molecular weight is 313 g/mol. The monoisotopic (exact) mass is 312 g/mol.